The topological polar surface area (TPSA) is 58.4 Å². The first-order valence-corrected chi connectivity index (χ1v) is 9.02. The fourth-order valence-electron chi connectivity index (χ4n) is 3.79. The van der Waals surface area contributed by atoms with Gasteiger partial charge in [-0.3, -0.25) is 4.79 Å². The van der Waals surface area contributed by atoms with Crippen molar-refractivity contribution in [2.24, 2.45) is 0 Å². The third-order valence-electron chi connectivity index (χ3n) is 5.12. The van der Waals surface area contributed by atoms with Crippen LogP contribution in [0.25, 0.3) is 0 Å². The highest BCUT2D eigenvalue weighted by atomic mass is 16.1. The number of amides is 1. The van der Waals surface area contributed by atoms with Crippen molar-refractivity contribution in [2.75, 3.05) is 16.0 Å². The summed E-state index contributed by atoms with van der Waals surface area (Å²) >= 11 is 0. The predicted octanol–water partition coefficient (Wildman–Crippen LogP) is 4.60. The average Bonchev–Trinajstić information content (AvgIpc) is 2.59. The van der Waals surface area contributed by atoms with Gasteiger partial charge in [-0.25, -0.2) is 0 Å². The highest BCUT2D eigenvalue weighted by molar-refractivity contribution is 6.06. The van der Waals surface area contributed by atoms with Crippen LogP contribution >= 0.6 is 0 Å². The Bertz CT molecular complexity index is 747. The number of rotatable bonds is 3. The van der Waals surface area contributed by atoms with Crippen molar-refractivity contribution >= 4 is 23.0 Å². The molecule has 132 valence electrons. The van der Waals surface area contributed by atoms with Crippen LogP contribution in [0.15, 0.2) is 42.5 Å². The molecule has 3 N–H and O–H groups in total. The van der Waals surface area contributed by atoms with E-state index in [9.17, 15) is 4.79 Å². The van der Waals surface area contributed by atoms with Gasteiger partial charge >= 0.3 is 0 Å². The van der Waals surface area contributed by atoms with E-state index >= 15 is 0 Å². The number of benzene rings is 2. The zero-order valence-electron chi connectivity index (χ0n) is 15.3. The molecule has 4 nitrogen and oxygen atoms in total. The number of anilines is 3. The van der Waals surface area contributed by atoms with Gasteiger partial charge in [-0.2, -0.15) is 0 Å². The standard InChI is InChI=1S/C21H27N3O/c1-14-12-18(22)19(23-21(25)17-10-5-4-6-11-17)13-20(14)24-15(2)8-7-9-16(24)3/h4-6,10-13,15-16H,7-9,22H2,1-3H3,(H,23,25)/t15-,16-/m1/s1. The van der Waals surface area contributed by atoms with Crippen molar-refractivity contribution in [3.05, 3.63) is 53.6 Å². The molecule has 4 heteroatoms. The van der Waals surface area contributed by atoms with Gasteiger partial charge in [0.15, 0.2) is 0 Å². The number of hydrogen-bond acceptors (Lipinski definition) is 3. The zero-order valence-corrected chi connectivity index (χ0v) is 15.3. The van der Waals surface area contributed by atoms with Crippen LogP contribution in [-0.4, -0.2) is 18.0 Å². The quantitative estimate of drug-likeness (QED) is 0.805. The summed E-state index contributed by atoms with van der Waals surface area (Å²) in [7, 11) is 0. The molecule has 0 aromatic heterocycles. The van der Waals surface area contributed by atoms with Gasteiger partial charge < -0.3 is 16.0 Å². The minimum Gasteiger partial charge on any atom is -0.397 e. The van der Waals surface area contributed by atoms with E-state index in [0.29, 0.717) is 29.0 Å². The highest BCUT2D eigenvalue weighted by Crippen LogP contribution is 2.35. The molecule has 0 unspecified atom stereocenters. The Labute approximate surface area is 150 Å². The number of carbonyl (C=O) groups is 1. The second-order valence-electron chi connectivity index (χ2n) is 7.08. The summed E-state index contributed by atoms with van der Waals surface area (Å²) in [6.07, 6.45) is 3.66. The van der Waals surface area contributed by atoms with Gasteiger partial charge in [-0.1, -0.05) is 18.2 Å². The normalized spacial score (nSPS) is 20.4. The first-order valence-electron chi connectivity index (χ1n) is 9.02. The molecular weight excluding hydrogens is 310 g/mol. The molecule has 1 saturated heterocycles. The summed E-state index contributed by atoms with van der Waals surface area (Å²) in [5, 5.41) is 2.97. The summed E-state index contributed by atoms with van der Waals surface area (Å²) in [6.45, 7) is 6.63. The second kappa shape index (κ2) is 7.18. The van der Waals surface area contributed by atoms with Crippen LogP contribution in [0.1, 0.15) is 49.0 Å². The summed E-state index contributed by atoms with van der Waals surface area (Å²) in [6, 6.07) is 14.2. The number of nitrogens with two attached hydrogens (primary N) is 1. The van der Waals surface area contributed by atoms with Gasteiger partial charge in [0.1, 0.15) is 0 Å². The number of piperidine rings is 1. The number of hydrogen-bond donors (Lipinski definition) is 2. The Hall–Kier alpha value is -2.49. The number of nitrogen functional groups attached to an aromatic ring is 1. The maximum atomic E-state index is 12.5. The monoisotopic (exact) mass is 337 g/mol. The number of carbonyl (C=O) groups excluding carboxylic acids is 1. The lowest BCUT2D eigenvalue weighted by Crippen LogP contribution is -2.44. The summed E-state index contributed by atoms with van der Waals surface area (Å²) in [5.74, 6) is -0.137. The molecule has 0 saturated carbocycles. The fraction of sp³-hybridized carbons (Fsp3) is 0.381. The minimum atomic E-state index is -0.137. The molecule has 1 heterocycles. The molecular formula is C21H27N3O. The van der Waals surface area contributed by atoms with E-state index in [0.717, 1.165) is 11.3 Å². The van der Waals surface area contributed by atoms with Crippen molar-refractivity contribution in [2.45, 2.75) is 52.1 Å². The summed E-state index contributed by atoms with van der Waals surface area (Å²) < 4.78 is 0. The van der Waals surface area contributed by atoms with E-state index in [1.807, 2.05) is 30.3 Å². The van der Waals surface area contributed by atoms with Crippen LogP contribution < -0.4 is 16.0 Å². The number of nitrogens with one attached hydrogen (secondary N) is 1. The van der Waals surface area contributed by atoms with Gasteiger partial charge in [-0.05, 0) is 69.9 Å². The molecule has 1 amide bonds. The third-order valence-corrected chi connectivity index (χ3v) is 5.12. The van der Waals surface area contributed by atoms with Crippen molar-refractivity contribution in [3.8, 4) is 0 Å². The first kappa shape index (κ1) is 17.3. The zero-order chi connectivity index (χ0) is 18.0. The SMILES string of the molecule is Cc1cc(N)c(NC(=O)c2ccccc2)cc1N1[C@H](C)CCC[C@H]1C. The van der Waals surface area contributed by atoms with Crippen molar-refractivity contribution in [1.29, 1.82) is 0 Å². The fourth-order valence-corrected chi connectivity index (χ4v) is 3.79. The molecule has 3 rings (SSSR count). The van der Waals surface area contributed by atoms with Crippen LogP contribution in [0, 0.1) is 6.92 Å². The molecule has 0 aliphatic carbocycles. The Balaban J connectivity index is 1.92. The van der Waals surface area contributed by atoms with Crippen molar-refractivity contribution in [3.63, 3.8) is 0 Å². The number of aryl methyl sites for hydroxylation is 1. The van der Waals surface area contributed by atoms with Gasteiger partial charge in [-0.15, -0.1) is 0 Å². The van der Waals surface area contributed by atoms with E-state index in [2.05, 4.69) is 31.0 Å². The largest absolute Gasteiger partial charge is 0.397 e. The van der Waals surface area contributed by atoms with E-state index < -0.39 is 0 Å². The average molecular weight is 337 g/mol. The maximum absolute atomic E-state index is 12.5. The molecule has 1 fully saturated rings. The molecule has 0 spiro atoms. The molecule has 2 atom stereocenters. The Morgan fingerprint density at radius 3 is 2.40 bits per heavy atom. The predicted molar refractivity (Wildman–Crippen MR) is 105 cm³/mol. The Morgan fingerprint density at radius 2 is 1.76 bits per heavy atom. The van der Waals surface area contributed by atoms with E-state index in [-0.39, 0.29) is 5.91 Å². The van der Waals surface area contributed by atoms with Crippen LogP contribution in [0.4, 0.5) is 17.1 Å². The molecule has 2 aromatic rings. The van der Waals surface area contributed by atoms with Crippen LogP contribution in [-0.2, 0) is 0 Å². The van der Waals surface area contributed by atoms with Crippen molar-refractivity contribution < 1.29 is 4.79 Å². The molecule has 1 aliphatic rings. The molecule has 0 radical (unpaired) electrons. The van der Waals surface area contributed by atoms with Crippen LogP contribution in [0.2, 0.25) is 0 Å². The van der Waals surface area contributed by atoms with E-state index in [4.69, 9.17) is 5.73 Å². The molecule has 2 aromatic carbocycles. The Morgan fingerprint density at radius 1 is 1.12 bits per heavy atom. The minimum absolute atomic E-state index is 0.137. The highest BCUT2D eigenvalue weighted by Gasteiger charge is 2.26. The first-order chi connectivity index (χ1) is 12.0. The lowest BCUT2D eigenvalue weighted by molar-refractivity contribution is 0.102. The van der Waals surface area contributed by atoms with Crippen molar-refractivity contribution in [1.82, 2.24) is 0 Å². The summed E-state index contributed by atoms with van der Waals surface area (Å²) in [4.78, 5) is 15.0. The smallest absolute Gasteiger partial charge is 0.255 e. The number of nitrogens with zero attached hydrogens (tertiary/aromatic N) is 1. The molecule has 1 aliphatic heterocycles. The second-order valence-corrected chi connectivity index (χ2v) is 7.08. The lowest BCUT2D eigenvalue weighted by Gasteiger charge is -2.42. The van der Waals surface area contributed by atoms with Crippen LogP contribution in [0.3, 0.4) is 0 Å². The summed E-state index contributed by atoms with van der Waals surface area (Å²) in [5.41, 5.74) is 10.4. The lowest BCUT2D eigenvalue weighted by atomic mass is 9.95. The van der Waals surface area contributed by atoms with E-state index in [1.165, 1.54) is 19.3 Å². The van der Waals surface area contributed by atoms with Crippen LogP contribution in [0.5, 0.6) is 0 Å². The Kier molecular flexibility index (Phi) is 4.98. The van der Waals surface area contributed by atoms with Gasteiger partial charge in [0.25, 0.3) is 5.91 Å². The van der Waals surface area contributed by atoms with Gasteiger partial charge in [0.05, 0.1) is 11.4 Å². The third kappa shape index (κ3) is 3.63. The van der Waals surface area contributed by atoms with Gasteiger partial charge in [0, 0.05) is 23.3 Å². The van der Waals surface area contributed by atoms with Gasteiger partial charge in [0.2, 0.25) is 0 Å². The molecule has 25 heavy (non-hydrogen) atoms. The molecule has 0 bridgehead atoms. The maximum Gasteiger partial charge on any atom is 0.255 e. The van der Waals surface area contributed by atoms with E-state index in [1.54, 1.807) is 12.1 Å².